The van der Waals surface area contributed by atoms with Gasteiger partial charge in [0.05, 0.1) is 24.0 Å². The normalized spacial score (nSPS) is 22.3. The minimum Gasteiger partial charge on any atom is -0.384 e. The Balaban J connectivity index is 1.94. The maximum Gasteiger partial charge on any atom is 0.270 e. The van der Waals surface area contributed by atoms with Gasteiger partial charge in [-0.3, -0.25) is 4.79 Å². The molecule has 1 aromatic rings. The van der Waals surface area contributed by atoms with E-state index in [-0.39, 0.29) is 11.4 Å². The van der Waals surface area contributed by atoms with Crippen LogP contribution in [-0.2, 0) is 4.74 Å². The fourth-order valence-electron chi connectivity index (χ4n) is 2.27. The first kappa shape index (κ1) is 14.8. The smallest absolute Gasteiger partial charge is 0.270 e. The number of rotatable bonds is 5. The van der Waals surface area contributed by atoms with Gasteiger partial charge in [-0.05, 0) is 38.3 Å². The van der Waals surface area contributed by atoms with Gasteiger partial charge in [-0.15, -0.1) is 0 Å². The molecule has 0 radical (unpaired) electrons. The molecule has 2 rings (SSSR count). The van der Waals surface area contributed by atoms with Gasteiger partial charge >= 0.3 is 0 Å². The highest BCUT2D eigenvalue weighted by molar-refractivity contribution is 5.93. The van der Waals surface area contributed by atoms with Crippen LogP contribution < -0.4 is 10.6 Å². The summed E-state index contributed by atoms with van der Waals surface area (Å²) < 4.78 is 5.44. The van der Waals surface area contributed by atoms with E-state index in [4.69, 9.17) is 4.74 Å². The molecular weight excluding hydrogens is 254 g/mol. The second kappa shape index (κ2) is 6.70. The average molecular weight is 277 g/mol. The number of nitrogens with zero attached hydrogens (tertiary/aromatic N) is 1. The second-order valence-corrected chi connectivity index (χ2v) is 5.53. The van der Waals surface area contributed by atoms with Gasteiger partial charge in [-0.2, -0.15) is 0 Å². The Morgan fingerprint density at radius 2 is 2.35 bits per heavy atom. The highest BCUT2D eigenvalue weighted by atomic mass is 16.5. The fraction of sp³-hybridized carbons (Fsp3) is 0.600. The third kappa shape index (κ3) is 3.93. The summed E-state index contributed by atoms with van der Waals surface area (Å²) in [4.78, 5) is 16.4. The van der Waals surface area contributed by atoms with Crippen molar-refractivity contribution in [3.8, 4) is 0 Å². The number of pyridine rings is 1. The molecule has 20 heavy (non-hydrogen) atoms. The van der Waals surface area contributed by atoms with Crippen LogP contribution >= 0.6 is 0 Å². The lowest BCUT2D eigenvalue weighted by Gasteiger charge is -2.34. The molecule has 0 bridgehead atoms. The predicted molar refractivity (Wildman–Crippen MR) is 78.9 cm³/mol. The van der Waals surface area contributed by atoms with Crippen LogP contribution in [0.3, 0.4) is 0 Å². The van der Waals surface area contributed by atoms with E-state index in [0.717, 1.165) is 38.1 Å². The number of carbonyl (C=O) groups excluding carboxylic acids is 1. The van der Waals surface area contributed by atoms with Gasteiger partial charge in [-0.1, -0.05) is 6.92 Å². The molecule has 1 saturated heterocycles. The zero-order valence-electron chi connectivity index (χ0n) is 12.2. The lowest BCUT2D eigenvalue weighted by molar-refractivity contribution is 0.0271. The van der Waals surface area contributed by atoms with E-state index in [1.807, 2.05) is 13.0 Å². The van der Waals surface area contributed by atoms with E-state index in [1.54, 1.807) is 12.3 Å². The van der Waals surface area contributed by atoms with Crippen LogP contribution in [0.2, 0.25) is 0 Å². The Labute approximate surface area is 120 Å². The number of aromatic nitrogens is 1. The number of anilines is 1. The van der Waals surface area contributed by atoms with E-state index in [2.05, 4.69) is 22.5 Å². The van der Waals surface area contributed by atoms with Crippen LogP contribution in [0.1, 0.15) is 43.6 Å². The third-order valence-electron chi connectivity index (χ3n) is 3.43. The number of hydrogen-bond acceptors (Lipinski definition) is 4. The molecule has 1 aromatic heterocycles. The Bertz CT molecular complexity index is 439. The largest absolute Gasteiger partial charge is 0.384 e. The van der Waals surface area contributed by atoms with Crippen molar-refractivity contribution < 1.29 is 9.53 Å². The zero-order chi connectivity index (χ0) is 14.4. The Hall–Kier alpha value is -1.62. The van der Waals surface area contributed by atoms with Crippen molar-refractivity contribution in [2.75, 3.05) is 25.1 Å². The molecule has 1 fully saturated rings. The number of ether oxygens (including phenoxy) is 1. The quantitative estimate of drug-likeness (QED) is 0.866. The van der Waals surface area contributed by atoms with Crippen molar-refractivity contribution in [1.29, 1.82) is 0 Å². The molecule has 0 aliphatic carbocycles. The average Bonchev–Trinajstić information content (AvgIpc) is 2.46. The van der Waals surface area contributed by atoms with Crippen LogP contribution in [0.5, 0.6) is 0 Å². The molecular formula is C15H23N3O2. The first-order chi connectivity index (χ1) is 9.63. The van der Waals surface area contributed by atoms with E-state index in [9.17, 15) is 4.79 Å². The first-order valence-corrected chi connectivity index (χ1v) is 7.23. The van der Waals surface area contributed by atoms with Gasteiger partial charge < -0.3 is 15.4 Å². The number of carbonyl (C=O) groups is 1. The minimum atomic E-state index is -0.282. The van der Waals surface area contributed by atoms with Crippen LogP contribution in [0.15, 0.2) is 18.3 Å². The zero-order valence-corrected chi connectivity index (χ0v) is 12.2. The summed E-state index contributed by atoms with van der Waals surface area (Å²) in [5.41, 5.74) is 1.10. The molecule has 1 atom stereocenters. The van der Waals surface area contributed by atoms with Gasteiger partial charge in [0.25, 0.3) is 5.91 Å². The highest BCUT2D eigenvalue weighted by Gasteiger charge is 2.29. The Morgan fingerprint density at radius 3 is 2.95 bits per heavy atom. The molecule has 5 nitrogen and oxygen atoms in total. The first-order valence-electron chi connectivity index (χ1n) is 7.23. The summed E-state index contributed by atoms with van der Waals surface area (Å²) in [7, 11) is 0. The van der Waals surface area contributed by atoms with E-state index in [0.29, 0.717) is 12.3 Å². The third-order valence-corrected chi connectivity index (χ3v) is 3.43. The van der Waals surface area contributed by atoms with Gasteiger partial charge in [0.15, 0.2) is 0 Å². The van der Waals surface area contributed by atoms with E-state index >= 15 is 0 Å². The SMILES string of the molecule is CCCNc1ccc(C(=O)NC2(C)CCCOC2)nc1. The van der Waals surface area contributed by atoms with Crippen molar-refractivity contribution in [3.05, 3.63) is 24.0 Å². The monoisotopic (exact) mass is 277 g/mol. The number of nitrogens with one attached hydrogen (secondary N) is 2. The lowest BCUT2D eigenvalue weighted by Crippen LogP contribution is -2.51. The van der Waals surface area contributed by atoms with Gasteiger partial charge in [0.1, 0.15) is 5.69 Å². The summed E-state index contributed by atoms with van der Waals surface area (Å²) in [6.07, 6.45) is 4.67. The van der Waals surface area contributed by atoms with Crippen LogP contribution in [0.25, 0.3) is 0 Å². The lowest BCUT2D eigenvalue weighted by atomic mass is 9.95. The molecule has 2 heterocycles. The van der Waals surface area contributed by atoms with Crippen LogP contribution in [0, 0.1) is 0 Å². The van der Waals surface area contributed by atoms with Gasteiger partial charge in [0, 0.05) is 13.2 Å². The maximum absolute atomic E-state index is 12.2. The Kier molecular flexibility index (Phi) is 4.95. The van der Waals surface area contributed by atoms with Gasteiger partial charge in [-0.25, -0.2) is 4.98 Å². The second-order valence-electron chi connectivity index (χ2n) is 5.53. The van der Waals surface area contributed by atoms with Crippen molar-refractivity contribution in [2.24, 2.45) is 0 Å². The van der Waals surface area contributed by atoms with Gasteiger partial charge in [0.2, 0.25) is 0 Å². The van der Waals surface area contributed by atoms with Crippen molar-refractivity contribution in [3.63, 3.8) is 0 Å². The standard InChI is InChI=1S/C15H23N3O2/c1-3-8-16-12-5-6-13(17-10-12)14(19)18-15(2)7-4-9-20-11-15/h5-6,10,16H,3-4,7-9,11H2,1-2H3,(H,18,19). The molecule has 1 aliphatic rings. The predicted octanol–water partition coefficient (Wildman–Crippen LogP) is 2.20. The number of amides is 1. The van der Waals surface area contributed by atoms with Crippen molar-refractivity contribution in [1.82, 2.24) is 10.3 Å². The van der Waals surface area contributed by atoms with Crippen LogP contribution in [-0.4, -0.2) is 36.2 Å². The molecule has 0 spiro atoms. The summed E-state index contributed by atoms with van der Waals surface area (Å²) >= 11 is 0. The van der Waals surface area contributed by atoms with Crippen LogP contribution in [0.4, 0.5) is 5.69 Å². The molecule has 1 amide bonds. The van der Waals surface area contributed by atoms with Crippen molar-refractivity contribution >= 4 is 11.6 Å². The summed E-state index contributed by atoms with van der Waals surface area (Å²) in [6.45, 7) is 6.37. The molecule has 1 unspecified atom stereocenters. The summed E-state index contributed by atoms with van der Waals surface area (Å²) in [5.74, 6) is -0.139. The molecule has 2 N–H and O–H groups in total. The molecule has 1 aliphatic heterocycles. The van der Waals surface area contributed by atoms with E-state index in [1.165, 1.54) is 0 Å². The molecule has 5 heteroatoms. The Morgan fingerprint density at radius 1 is 1.50 bits per heavy atom. The molecule has 110 valence electrons. The highest BCUT2D eigenvalue weighted by Crippen LogP contribution is 2.19. The minimum absolute atomic E-state index is 0.139. The summed E-state index contributed by atoms with van der Waals surface area (Å²) in [5, 5.41) is 6.26. The molecule has 0 saturated carbocycles. The molecule has 0 aromatic carbocycles. The topological polar surface area (TPSA) is 63.2 Å². The van der Waals surface area contributed by atoms with Crippen molar-refractivity contribution in [2.45, 2.75) is 38.6 Å². The van der Waals surface area contributed by atoms with E-state index < -0.39 is 0 Å². The summed E-state index contributed by atoms with van der Waals surface area (Å²) in [6, 6.07) is 3.64. The number of hydrogen-bond donors (Lipinski definition) is 2. The fourth-order valence-corrected chi connectivity index (χ4v) is 2.27. The maximum atomic E-state index is 12.2.